The summed E-state index contributed by atoms with van der Waals surface area (Å²) in [5.41, 5.74) is 1.54. The molecule has 0 bridgehead atoms. The fourth-order valence-corrected chi connectivity index (χ4v) is 2.94. The summed E-state index contributed by atoms with van der Waals surface area (Å²) < 4.78 is 0. The Kier molecular flexibility index (Phi) is 4.60. The first-order valence-electron chi connectivity index (χ1n) is 7.88. The molecule has 1 aliphatic heterocycles. The second kappa shape index (κ2) is 6.80. The third kappa shape index (κ3) is 3.67. The number of nitrogens with one attached hydrogen (secondary N) is 1. The lowest BCUT2D eigenvalue weighted by Crippen LogP contribution is -2.38. The number of nitrogens with zero attached hydrogens (tertiary/aromatic N) is 4. The summed E-state index contributed by atoms with van der Waals surface area (Å²) in [6.07, 6.45) is 8.59. The van der Waals surface area contributed by atoms with E-state index in [1.807, 2.05) is 12.1 Å². The molecule has 0 amide bonds. The van der Waals surface area contributed by atoms with Gasteiger partial charge < -0.3 is 10.2 Å². The molecule has 5 heteroatoms. The van der Waals surface area contributed by atoms with E-state index in [0.717, 1.165) is 30.3 Å². The van der Waals surface area contributed by atoms with Crippen molar-refractivity contribution in [2.75, 3.05) is 25.0 Å². The lowest BCUT2D eigenvalue weighted by molar-refractivity contribution is 0.160. The van der Waals surface area contributed by atoms with Crippen LogP contribution in [0.5, 0.6) is 0 Å². The highest BCUT2D eigenvalue weighted by Crippen LogP contribution is 2.16. The van der Waals surface area contributed by atoms with Gasteiger partial charge in [-0.15, -0.1) is 0 Å². The molecule has 3 rings (SSSR count). The van der Waals surface area contributed by atoms with Crippen LogP contribution in [0.2, 0.25) is 0 Å². The van der Waals surface area contributed by atoms with E-state index < -0.39 is 0 Å². The first-order chi connectivity index (χ1) is 10.3. The highest BCUT2D eigenvalue weighted by atomic mass is 15.2. The Morgan fingerprint density at radius 2 is 2.14 bits per heavy atom. The number of hydrogen-bond donors (Lipinski definition) is 1. The van der Waals surface area contributed by atoms with E-state index in [9.17, 15) is 0 Å². The van der Waals surface area contributed by atoms with Gasteiger partial charge in [-0.1, -0.05) is 6.42 Å². The van der Waals surface area contributed by atoms with Gasteiger partial charge in [-0.05, 0) is 44.9 Å². The average Bonchev–Trinajstić information content (AvgIpc) is 2.53. The summed E-state index contributed by atoms with van der Waals surface area (Å²) >= 11 is 0. The van der Waals surface area contributed by atoms with Crippen LogP contribution in [0.1, 0.15) is 32.6 Å². The topological polar surface area (TPSA) is 53.9 Å². The fourth-order valence-electron chi connectivity index (χ4n) is 2.94. The second-order valence-electron chi connectivity index (χ2n) is 5.76. The van der Waals surface area contributed by atoms with Crippen LogP contribution >= 0.6 is 0 Å². The lowest BCUT2D eigenvalue weighted by atomic mass is 10.0. The van der Waals surface area contributed by atoms with Gasteiger partial charge in [0.15, 0.2) is 5.65 Å². The van der Waals surface area contributed by atoms with Crippen molar-refractivity contribution in [2.24, 2.45) is 0 Å². The number of aromatic nitrogens is 3. The van der Waals surface area contributed by atoms with Crippen LogP contribution in [0.15, 0.2) is 24.5 Å². The van der Waals surface area contributed by atoms with Gasteiger partial charge in [-0.3, -0.25) is 4.98 Å². The van der Waals surface area contributed by atoms with Crippen molar-refractivity contribution in [3.05, 3.63) is 24.5 Å². The molecule has 2 aromatic rings. The second-order valence-corrected chi connectivity index (χ2v) is 5.76. The molecule has 1 fully saturated rings. The third-order valence-electron chi connectivity index (χ3n) is 4.20. The van der Waals surface area contributed by atoms with Crippen LogP contribution in [-0.2, 0) is 0 Å². The molecule has 1 unspecified atom stereocenters. The summed E-state index contributed by atoms with van der Waals surface area (Å²) in [6.45, 7) is 5.71. The van der Waals surface area contributed by atoms with Crippen molar-refractivity contribution >= 4 is 17.0 Å². The highest BCUT2D eigenvalue weighted by molar-refractivity contribution is 5.71. The minimum atomic E-state index is 0.701. The largest absolute Gasteiger partial charge is 0.370 e. The summed E-state index contributed by atoms with van der Waals surface area (Å²) in [5, 5.41) is 3.39. The van der Waals surface area contributed by atoms with Crippen molar-refractivity contribution in [1.29, 1.82) is 0 Å². The number of fused-ring (bicyclic) bond motifs is 1. The molecule has 1 atom stereocenters. The molecular formula is C16H23N5. The maximum Gasteiger partial charge on any atom is 0.180 e. The predicted octanol–water partition coefficient (Wildman–Crippen LogP) is 2.70. The number of piperidine rings is 1. The van der Waals surface area contributed by atoms with Crippen LogP contribution < -0.4 is 5.32 Å². The van der Waals surface area contributed by atoms with Crippen molar-refractivity contribution in [1.82, 2.24) is 19.9 Å². The van der Waals surface area contributed by atoms with E-state index in [0.29, 0.717) is 5.65 Å². The smallest absolute Gasteiger partial charge is 0.180 e. The minimum Gasteiger partial charge on any atom is -0.370 e. The molecule has 0 aromatic carbocycles. The fraction of sp³-hybridized carbons (Fsp3) is 0.562. The summed E-state index contributed by atoms with van der Waals surface area (Å²) in [4.78, 5) is 15.5. The van der Waals surface area contributed by atoms with Crippen LogP contribution in [-0.4, -0.2) is 45.5 Å². The molecule has 21 heavy (non-hydrogen) atoms. The Bertz CT molecular complexity index is 586. The molecule has 0 radical (unpaired) electrons. The van der Waals surface area contributed by atoms with E-state index in [4.69, 9.17) is 0 Å². The summed E-state index contributed by atoms with van der Waals surface area (Å²) in [5.74, 6) is 0.884. The first-order valence-corrected chi connectivity index (χ1v) is 7.88. The molecule has 2 aromatic heterocycles. The Balaban J connectivity index is 1.48. The van der Waals surface area contributed by atoms with E-state index in [-0.39, 0.29) is 0 Å². The standard InChI is InChI=1S/C16H23N5/c1-13-5-2-3-11-21(13)12-4-8-18-15-7-6-14-16(20-15)19-10-9-17-14/h6-7,9-10,13H,2-5,8,11-12H2,1H3,(H,18,19,20). The van der Waals surface area contributed by atoms with E-state index in [1.54, 1.807) is 12.4 Å². The maximum atomic E-state index is 4.48. The van der Waals surface area contributed by atoms with Gasteiger partial charge in [0.05, 0.1) is 0 Å². The number of hydrogen-bond acceptors (Lipinski definition) is 5. The molecule has 5 nitrogen and oxygen atoms in total. The number of likely N-dealkylation sites (tertiary alicyclic amines) is 1. The zero-order chi connectivity index (χ0) is 14.5. The van der Waals surface area contributed by atoms with Gasteiger partial charge in [0.25, 0.3) is 0 Å². The van der Waals surface area contributed by atoms with Gasteiger partial charge >= 0.3 is 0 Å². The Morgan fingerprint density at radius 3 is 3.05 bits per heavy atom. The molecule has 0 aliphatic carbocycles. The van der Waals surface area contributed by atoms with Crippen molar-refractivity contribution in [3.8, 4) is 0 Å². The molecule has 3 heterocycles. The molecule has 0 saturated carbocycles. The van der Waals surface area contributed by atoms with Crippen molar-refractivity contribution < 1.29 is 0 Å². The molecule has 1 aliphatic rings. The average molecular weight is 285 g/mol. The van der Waals surface area contributed by atoms with Crippen LogP contribution in [0.25, 0.3) is 11.2 Å². The van der Waals surface area contributed by atoms with Crippen LogP contribution in [0.3, 0.4) is 0 Å². The summed E-state index contributed by atoms with van der Waals surface area (Å²) in [7, 11) is 0. The SMILES string of the molecule is CC1CCCCN1CCCNc1ccc2nccnc2n1. The van der Waals surface area contributed by atoms with E-state index >= 15 is 0 Å². The van der Waals surface area contributed by atoms with Crippen molar-refractivity contribution in [2.45, 2.75) is 38.6 Å². The lowest BCUT2D eigenvalue weighted by Gasteiger charge is -2.33. The Hall–Kier alpha value is -1.75. The van der Waals surface area contributed by atoms with E-state index in [1.165, 1.54) is 32.4 Å². The molecule has 1 N–H and O–H groups in total. The van der Waals surface area contributed by atoms with Gasteiger partial charge in [-0.25, -0.2) is 9.97 Å². The Labute approximate surface area is 125 Å². The van der Waals surface area contributed by atoms with Gasteiger partial charge in [-0.2, -0.15) is 0 Å². The zero-order valence-corrected chi connectivity index (χ0v) is 12.6. The van der Waals surface area contributed by atoms with Crippen LogP contribution in [0.4, 0.5) is 5.82 Å². The highest BCUT2D eigenvalue weighted by Gasteiger charge is 2.16. The molecule has 112 valence electrons. The van der Waals surface area contributed by atoms with Crippen LogP contribution in [0, 0.1) is 0 Å². The van der Waals surface area contributed by atoms with Gasteiger partial charge in [0.1, 0.15) is 11.3 Å². The Morgan fingerprint density at radius 1 is 1.24 bits per heavy atom. The maximum absolute atomic E-state index is 4.48. The quantitative estimate of drug-likeness (QED) is 0.856. The molecule has 0 spiro atoms. The third-order valence-corrected chi connectivity index (χ3v) is 4.20. The first kappa shape index (κ1) is 14.2. The molecular weight excluding hydrogens is 262 g/mol. The predicted molar refractivity (Wildman–Crippen MR) is 85.3 cm³/mol. The van der Waals surface area contributed by atoms with E-state index in [2.05, 4.69) is 32.1 Å². The number of rotatable bonds is 5. The number of anilines is 1. The van der Waals surface area contributed by atoms with Crippen molar-refractivity contribution in [3.63, 3.8) is 0 Å². The van der Waals surface area contributed by atoms with Gasteiger partial charge in [0.2, 0.25) is 0 Å². The van der Waals surface area contributed by atoms with Gasteiger partial charge in [0, 0.05) is 31.5 Å². The minimum absolute atomic E-state index is 0.701. The number of pyridine rings is 1. The monoisotopic (exact) mass is 285 g/mol. The molecule has 1 saturated heterocycles. The normalized spacial score (nSPS) is 19.8. The zero-order valence-electron chi connectivity index (χ0n) is 12.6. The summed E-state index contributed by atoms with van der Waals surface area (Å²) in [6, 6.07) is 4.68.